The predicted octanol–water partition coefficient (Wildman–Crippen LogP) is 3.78. The number of methoxy groups -OCH3 is 2. The highest BCUT2D eigenvalue weighted by Gasteiger charge is 2.32. The maximum absolute atomic E-state index is 12.7. The van der Waals surface area contributed by atoms with Crippen molar-refractivity contribution in [1.82, 2.24) is 9.88 Å². The van der Waals surface area contributed by atoms with Crippen molar-refractivity contribution in [2.24, 2.45) is 4.99 Å². The van der Waals surface area contributed by atoms with Crippen LogP contribution >= 0.6 is 23.1 Å². The van der Waals surface area contributed by atoms with Gasteiger partial charge in [0.2, 0.25) is 5.13 Å². The lowest BCUT2D eigenvalue weighted by Crippen LogP contribution is -2.28. The van der Waals surface area contributed by atoms with Gasteiger partial charge in [-0.2, -0.15) is 4.99 Å². The van der Waals surface area contributed by atoms with Crippen LogP contribution in [0.4, 0.5) is 5.13 Å². The standard InChI is InChI=1S/C17H17N3O3S2/c1-4-20-15(21)13(25-17(20)19-16-18-8-9-24-16)10-11-6-5-7-12(22-2)14(11)23-3/h5-10H,4H2,1-3H3/b13-10-,19-17+. The molecule has 25 heavy (non-hydrogen) atoms. The first kappa shape index (κ1) is 17.5. The third kappa shape index (κ3) is 3.54. The Morgan fingerprint density at radius 2 is 2.16 bits per heavy atom. The average Bonchev–Trinajstić information content (AvgIpc) is 3.23. The number of rotatable bonds is 5. The summed E-state index contributed by atoms with van der Waals surface area (Å²) in [6.45, 7) is 2.47. The third-order valence-corrected chi connectivity index (χ3v) is 5.21. The molecule has 2 aromatic rings. The number of carbonyl (C=O) groups is 1. The molecule has 1 aromatic carbocycles. The number of ether oxygens (including phenoxy) is 2. The zero-order valence-electron chi connectivity index (χ0n) is 14.1. The van der Waals surface area contributed by atoms with Crippen molar-refractivity contribution in [2.45, 2.75) is 6.92 Å². The van der Waals surface area contributed by atoms with Crippen LogP contribution in [0.5, 0.6) is 11.5 Å². The number of nitrogens with zero attached hydrogens (tertiary/aromatic N) is 3. The number of para-hydroxylation sites is 1. The Labute approximate surface area is 154 Å². The quantitative estimate of drug-likeness (QED) is 0.744. The first-order valence-corrected chi connectivity index (χ1v) is 9.28. The van der Waals surface area contributed by atoms with Gasteiger partial charge >= 0.3 is 0 Å². The van der Waals surface area contributed by atoms with E-state index in [2.05, 4.69) is 9.98 Å². The van der Waals surface area contributed by atoms with Gasteiger partial charge in [-0.05, 0) is 30.8 Å². The summed E-state index contributed by atoms with van der Waals surface area (Å²) in [5.74, 6) is 1.14. The van der Waals surface area contributed by atoms with E-state index in [-0.39, 0.29) is 5.91 Å². The van der Waals surface area contributed by atoms with E-state index in [4.69, 9.17) is 9.47 Å². The summed E-state index contributed by atoms with van der Waals surface area (Å²) in [5, 5.41) is 3.12. The van der Waals surface area contributed by atoms with E-state index < -0.39 is 0 Å². The zero-order valence-corrected chi connectivity index (χ0v) is 15.7. The van der Waals surface area contributed by atoms with Crippen LogP contribution in [0.2, 0.25) is 0 Å². The van der Waals surface area contributed by atoms with Gasteiger partial charge in [0.15, 0.2) is 16.7 Å². The molecule has 1 fully saturated rings. The van der Waals surface area contributed by atoms with Crippen LogP contribution in [-0.2, 0) is 4.79 Å². The maximum Gasteiger partial charge on any atom is 0.266 e. The van der Waals surface area contributed by atoms with Crippen LogP contribution in [0.1, 0.15) is 12.5 Å². The highest BCUT2D eigenvalue weighted by atomic mass is 32.2. The SMILES string of the molecule is CCN1C(=O)/C(=C/c2cccc(OC)c2OC)S/C1=N/c1nccs1. The fourth-order valence-electron chi connectivity index (χ4n) is 2.39. The van der Waals surface area contributed by atoms with E-state index in [0.717, 1.165) is 5.56 Å². The molecule has 1 aliphatic rings. The third-order valence-electron chi connectivity index (χ3n) is 3.53. The van der Waals surface area contributed by atoms with Crippen LogP contribution in [0.3, 0.4) is 0 Å². The summed E-state index contributed by atoms with van der Waals surface area (Å²) in [6.07, 6.45) is 3.50. The first-order chi connectivity index (χ1) is 12.2. The summed E-state index contributed by atoms with van der Waals surface area (Å²) in [6, 6.07) is 5.56. The number of thiazole rings is 1. The van der Waals surface area contributed by atoms with E-state index >= 15 is 0 Å². The number of benzene rings is 1. The Morgan fingerprint density at radius 1 is 1.32 bits per heavy atom. The number of likely N-dealkylation sites (N-methyl/N-ethyl adjacent to an activating group) is 1. The molecule has 0 N–H and O–H groups in total. The van der Waals surface area contributed by atoms with Gasteiger partial charge in [-0.3, -0.25) is 9.69 Å². The summed E-state index contributed by atoms with van der Waals surface area (Å²) < 4.78 is 10.8. The van der Waals surface area contributed by atoms with Crippen LogP contribution < -0.4 is 9.47 Å². The van der Waals surface area contributed by atoms with E-state index in [9.17, 15) is 4.79 Å². The van der Waals surface area contributed by atoms with Gasteiger partial charge in [0, 0.05) is 23.7 Å². The largest absolute Gasteiger partial charge is 0.493 e. The number of amidine groups is 1. The molecule has 1 saturated heterocycles. The lowest BCUT2D eigenvalue weighted by Gasteiger charge is -2.11. The molecule has 0 unspecified atom stereocenters. The van der Waals surface area contributed by atoms with Crippen molar-refractivity contribution in [3.8, 4) is 11.5 Å². The maximum atomic E-state index is 12.7. The molecule has 6 nitrogen and oxygen atoms in total. The minimum absolute atomic E-state index is 0.0762. The Kier molecular flexibility index (Phi) is 5.40. The molecule has 130 valence electrons. The highest BCUT2D eigenvalue weighted by Crippen LogP contribution is 2.38. The summed E-state index contributed by atoms with van der Waals surface area (Å²) in [4.78, 5) is 23.6. The number of amides is 1. The number of aliphatic imine (C=N–C) groups is 1. The van der Waals surface area contributed by atoms with Gasteiger partial charge in [-0.1, -0.05) is 12.1 Å². The Morgan fingerprint density at radius 3 is 2.80 bits per heavy atom. The molecule has 0 aliphatic carbocycles. The Hall–Kier alpha value is -2.32. The predicted molar refractivity (Wildman–Crippen MR) is 102 cm³/mol. The van der Waals surface area contributed by atoms with E-state index in [0.29, 0.717) is 33.2 Å². The number of aromatic nitrogens is 1. The molecule has 1 aliphatic heterocycles. The molecular weight excluding hydrogens is 358 g/mol. The zero-order chi connectivity index (χ0) is 17.8. The normalized spacial score (nSPS) is 17.6. The number of thioether (sulfide) groups is 1. The fraction of sp³-hybridized carbons (Fsp3) is 0.235. The lowest BCUT2D eigenvalue weighted by molar-refractivity contribution is -0.122. The molecule has 2 heterocycles. The lowest BCUT2D eigenvalue weighted by atomic mass is 10.1. The van der Waals surface area contributed by atoms with Crippen LogP contribution in [0.15, 0.2) is 39.7 Å². The minimum Gasteiger partial charge on any atom is -0.493 e. The van der Waals surface area contributed by atoms with E-state index in [1.54, 1.807) is 31.4 Å². The first-order valence-electron chi connectivity index (χ1n) is 7.58. The van der Waals surface area contributed by atoms with Crippen molar-refractivity contribution in [3.05, 3.63) is 40.2 Å². The van der Waals surface area contributed by atoms with Gasteiger partial charge in [-0.15, -0.1) is 11.3 Å². The van der Waals surface area contributed by atoms with Crippen molar-refractivity contribution in [2.75, 3.05) is 20.8 Å². The van der Waals surface area contributed by atoms with Crippen LogP contribution in [0, 0.1) is 0 Å². The van der Waals surface area contributed by atoms with Crippen molar-refractivity contribution in [3.63, 3.8) is 0 Å². The number of hydrogen-bond acceptors (Lipinski definition) is 7. The second-order valence-electron chi connectivity index (χ2n) is 4.95. The molecule has 0 spiro atoms. The highest BCUT2D eigenvalue weighted by molar-refractivity contribution is 8.18. The molecule has 1 amide bonds. The summed E-state index contributed by atoms with van der Waals surface area (Å²) in [5.41, 5.74) is 0.782. The average molecular weight is 375 g/mol. The molecule has 1 aromatic heterocycles. The summed E-state index contributed by atoms with van der Waals surface area (Å²) in [7, 11) is 3.17. The Bertz CT molecular complexity index is 832. The topological polar surface area (TPSA) is 64.0 Å². The van der Waals surface area contributed by atoms with Gasteiger partial charge in [-0.25, -0.2) is 4.98 Å². The van der Waals surface area contributed by atoms with Crippen LogP contribution in [-0.4, -0.2) is 41.7 Å². The fourth-order valence-corrected chi connectivity index (χ4v) is 3.99. The van der Waals surface area contributed by atoms with Crippen LogP contribution in [0.25, 0.3) is 6.08 Å². The van der Waals surface area contributed by atoms with Crippen molar-refractivity contribution >= 4 is 45.4 Å². The minimum atomic E-state index is -0.0762. The van der Waals surface area contributed by atoms with Gasteiger partial charge < -0.3 is 9.47 Å². The van der Waals surface area contributed by atoms with Gasteiger partial charge in [0.25, 0.3) is 5.91 Å². The van der Waals surface area contributed by atoms with Gasteiger partial charge in [0.1, 0.15) is 0 Å². The number of hydrogen-bond donors (Lipinski definition) is 0. The van der Waals surface area contributed by atoms with Gasteiger partial charge in [0.05, 0.1) is 19.1 Å². The molecule has 0 radical (unpaired) electrons. The smallest absolute Gasteiger partial charge is 0.266 e. The monoisotopic (exact) mass is 375 g/mol. The van der Waals surface area contributed by atoms with Crippen molar-refractivity contribution in [1.29, 1.82) is 0 Å². The van der Waals surface area contributed by atoms with Crippen molar-refractivity contribution < 1.29 is 14.3 Å². The molecule has 0 atom stereocenters. The summed E-state index contributed by atoms with van der Waals surface area (Å²) >= 11 is 2.77. The Balaban J connectivity index is 1.98. The molecule has 8 heteroatoms. The van der Waals surface area contributed by atoms with E-state index in [1.807, 2.05) is 30.5 Å². The molecule has 3 rings (SSSR count). The molecular formula is C17H17N3O3S2. The number of carbonyl (C=O) groups excluding carboxylic acids is 1. The second-order valence-corrected chi connectivity index (χ2v) is 6.83. The second kappa shape index (κ2) is 7.71. The molecule has 0 bridgehead atoms. The van der Waals surface area contributed by atoms with E-state index in [1.165, 1.54) is 23.1 Å². The molecule has 0 saturated carbocycles.